The molecule has 0 amide bonds. The molecule has 0 radical (unpaired) electrons. The first-order valence-corrected chi connectivity index (χ1v) is 7.54. The second kappa shape index (κ2) is 6.00. The van der Waals surface area contributed by atoms with Gasteiger partial charge < -0.3 is 4.74 Å². The zero-order chi connectivity index (χ0) is 13.8. The molecule has 0 saturated heterocycles. The lowest BCUT2D eigenvalue weighted by Gasteiger charge is -2.06. The quantitative estimate of drug-likeness (QED) is 0.741. The summed E-state index contributed by atoms with van der Waals surface area (Å²) < 4.78 is 28.4. The Bertz CT molecular complexity index is 500. The molecule has 100 valence electrons. The van der Waals surface area contributed by atoms with Crippen molar-refractivity contribution in [3.8, 4) is 5.75 Å². The molecule has 0 bridgehead atoms. The van der Waals surface area contributed by atoms with Gasteiger partial charge in [-0.3, -0.25) is 4.79 Å². The number of ether oxygens (including phenoxy) is 1. The van der Waals surface area contributed by atoms with E-state index in [9.17, 15) is 13.2 Å². The lowest BCUT2D eigenvalue weighted by atomic mass is 10.1. The number of methoxy groups -OCH3 is 1. The van der Waals surface area contributed by atoms with Crippen LogP contribution in [0, 0.1) is 5.92 Å². The van der Waals surface area contributed by atoms with Crippen LogP contribution in [0.5, 0.6) is 5.75 Å². The molecule has 0 aliphatic heterocycles. The molecule has 0 saturated carbocycles. The number of hydrogen-bond donors (Lipinski definition) is 0. The highest BCUT2D eigenvalue weighted by Crippen LogP contribution is 2.13. The number of benzene rings is 1. The van der Waals surface area contributed by atoms with Crippen LogP contribution in [0.1, 0.15) is 24.2 Å². The van der Waals surface area contributed by atoms with Crippen molar-refractivity contribution >= 4 is 15.6 Å². The molecule has 0 heterocycles. The van der Waals surface area contributed by atoms with Crippen LogP contribution in [0.4, 0.5) is 0 Å². The summed E-state index contributed by atoms with van der Waals surface area (Å²) in [5, 5.41) is 0. The van der Waals surface area contributed by atoms with Crippen LogP contribution in [-0.4, -0.2) is 32.8 Å². The molecule has 18 heavy (non-hydrogen) atoms. The minimum absolute atomic E-state index is 0.0265. The number of ketones is 1. The maximum atomic E-state index is 11.8. The lowest BCUT2D eigenvalue weighted by molar-refractivity contribution is 0.102. The van der Waals surface area contributed by atoms with Gasteiger partial charge in [0.1, 0.15) is 11.5 Å². The predicted molar refractivity (Wildman–Crippen MR) is 70.8 cm³/mol. The van der Waals surface area contributed by atoms with Gasteiger partial charge in [0.25, 0.3) is 0 Å². The molecule has 0 N–H and O–H groups in total. The third kappa shape index (κ3) is 4.49. The number of carbonyl (C=O) groups excluding carboxylic acids is 1. The molecule has 0 aromatic heterocycles. The summed E-state index contributed by atoms with van der Waals surface area (Å²) in [5.41, 5.74) is 0.392. The Hall–Kier alpha value is -1.36. The summed E-state index contributed by atoms with van der Waals surface area (Å²) in [7, 11) is -1.79. The Morgan fingerprint density at radius 2 is 1.78 bits per heavy atom. The van der Waals surface area contributed by atoms with Crippen LogP contribution in [-0.2, 0) is 9.84 Å². The van der Waals surface area contributed by atoms with Crippen LogP contribution >= 0.6 is 0 Å². The van der Waals surface area contributed by atoms with Crippen LogP contribution < -0.4 is 4.74 Å². The van der Waals surface area contributed by atoms with E-state index in [-0.39, 0.29) is 17.5 Å². The van der Waals surface area contributed by atoms with Crippen LogP contribution in [0.2, 0.25) is 0 Å². The minimum atomic E-state index is -3.32. The summed E-state index contributed by atoms with van der Waals surface area (Å²) >= 11 is 0. The molecule has 0 unspecified atom stereocenters. The highest BCUT2D eigenvalue weighted by molar-refractivity contribution is 7.92. The number of carbonyl (C=O) groups is 1. The molecule has 0 aliphatic rings. The second-order valence-corrected chi connectivity index (χ2v) is 6.71. The zero-order valence-corrected chi connectivity index (χ0v) is 11.7. The van der Waals surface area contributed by atoms with Crippen molar-refractivity contribution in [1.29, 1.82) is 0 Å². The third-order valence-electron chi connectivity index (χ3n) is 2.35. The fourth-order valence-corrected chi connectivity index (χ4v) is 3.33. The van der Waals surface area contributed by atoms with Gasteiger partial charge in [-0.15, -0.1) is 0 Å². The van der Waals surface area contributed by atoms with E-state index in [0.717, 1.165) is 0 Å². The molecular weight excluding hydrogens is 252 g/mol. The molecule has 0 aliphatic carbocycles. The van der Waals surface area contributed by atoms with Gasteiger partial charge in [0.15, 0.2) is 15.6 Å². The average molecular weight is 270 g/mol. The van der Waals surface area contributed by atoms with Gasteiger partial charge in [-0.25, -0.2) is 8.42 Å². The number of Topliss-reactive ketones (excluding diaryl/α,β-unsaturated/α-hetero) is 1. The topological polar surface area (TPSA) is 60.4 Å². The maximum absolute atomic E-state index is 11.8. The van der Waals surface area contributed by atoms with E-state index in [1.165, 1.54) is 7.11 Å². The van der Waals surface area contributed by atoms with E-state index < -0.39 is 15.6 Å². The van der Waals surface area contributed by atoms with Gasteiger partial charge in [-0.05, 0) is 30.2 Å². The Kier molecular flexibility index (Phi) is 4.90. The van der Waals surface area contributed by atoms with Crippen molar-refractivity contribution in [1.82, 2.24) is 0 Å². The molecule has 1 aromatic rings. The van der Waals surface area contributed by atoms with E-state index in [1.807, 2.05) is 13.8 Å². The van der Waals surface area contributed by atoms with E-state index in [4.69, 9.17) is 4.74 Å². The van der Waals surface area contributed by atoms with E-state index in [1.54, 1.807) is 24.3 Å². The smallest absolute Gasteiger partial charge is 0.177 e. The SMILES string of the molecule is COc1ccc(C(=O)CS(=O)(=O)CC(C)C)cc1. The largest absolute Gasteiger partial charge is 0.497 e. The molecule has 1 aromatic carbocycles. The Labute approximate surface area is 108 Å². The first-order chi connectivity index (χ1) is 8.34. The fourth-order valence-electron chi connectivity index (χ4n) is 1.63. The Balaban J connectivity index is 2.76. The number of sulfone groups is 1. The van der Waals surface area contributed by atoms with Crippen molar-refractivity contribution < 1.29 is 17.9 Å². The molecule has 0 fully saturated rings. The Morgan fingerprint density at radius 3 is 2.22 bits per heavy atom. The monoisotopic (exact) mass is 270 g/mol. The van der Waals surface area contributed by atoms with Crippen molar-refractivity contribution in [2.45, 2.75) is 13.8 Å². The Morgan fingerprint density at radius 1 is 1.22 bits per heavy atom. The van der Waals surface area contributed by atoms with Gasteiger partial charge in [-0.1, -0.05) is 13.8 Å². The van der Waals surface area contributed by atoms with Gasteiger partial charge in [0.2, 0.25) is 0 Å². The summed E-state index contributed by atoms with van der Waals surface area (Å²) in [6.45, 7) is 3.63. The second-order valence-electron chi connectivity index (χ2n) is 4.60. The zero-order valence-electron chi connectivity index (χ0n) is 10.8. The summed E-state index contributed by atoms with van der Waals surface area (Å²) in [6.07, 6.45) is 0. The van der Waals surface area contributed by atoms with Gasteiger partial charge >= 0.3 is 0 Å². The summed E-state index contributed by atoms with van der Waals surface area (Å²) in [6, 6.07) is 6.43. The first-order valence-electron chi connectivity index (χ1n) is 5.72. The van der Waals surface area contributed by atoms with Gasteiger partial charge in [0, 0.05) is 5.56 Å². The minimum Gasteiger partial charge on any atom is -0.497 e. The van der Waals surface area contributed by atoms with E-state index >= 15 is 0 Å². The summed E-state index contributed by atoms with van der Waals surface area (Å²) in [5.74, 6) is -0.111. The third-order valence-corrected chi connectivity index (χ3v) is 4.23. The molecule has 1 rings (SSSR count). The standard InChI is InChI=1S/C13H18O4S/c1-10(2)8-18(15,16)9-13(14)11-4-6-12(17-3)7-5-11/h4-7,10H,8-9H2,1-3H3. The predicted octanol–water partition coefficient (Wildman–Crippen LogP) is 1.95. The highest BCUT2D eigenvalue weighted by atomic mass is 32.2. The molecular formula is C13H18O4S. The fraction of sp³-hybridized carbons (Fsp3) is 0.462. The highest BCUT2D eigenvalue weighted by Gasteiger charge is 2.19. The van der Waals surface area contributed by atoms with Crippen LogP contribution in [0.3, 0.4) is 0 Å². The molecule has 4 nitrogen and oxygen atoms in total. The van der Waals surface area contributed by atoms with Gasteiger partial charge in [-0.2, -0.15) is 0 Å². The normalized spacial score (nSPS) is 11.6. The van der Waals surface area contributed by atoms with Crippen molar-refractivity contribution in [3.63, 3.8) is 0 Å². The van der Waals surface area contributed by atoms with Crippen molar-refractivity contribution in [2.24, 2.45) is 5.92 Å². The first kappa shape index (κ1) is 14.7. The van der Waals surface area contributed by atoms with E-state index in [2.05, 4.69) is 0 Å². The summed E-state index contributed by atoms with van der Waals surface area (Å²) in [4.78, 5) is 11.8. The van der Waals surface area contributed by atoms with Crippen LogP contribution in [0.25, 0.3) is 0 Å². The van der Waals surface area contributed by atoms with Crippen LogP contribution in [0.15, 0.2) is 24.3 Å². The molecule has 0 atom stereocenters. The van der Waals surface area contributed by atoms with Crippen molar-refractivity contribution in [3.05, 3.63) is 29.8 Å². The lowest BCUT2D eigenvalue weighted by Crippen LogP contribution is -2.21. The maximum Gasteiger partial charge on any atom is 0.177 e. The number of hydrogen-bond acceptors (Lipinski definition) is 4. The molecule has 5 heteroatoms. The molecule has 0 spiro atoms. The van der Waals surface area contributed by atoms with E-state index in [0.29, 0.717) is 11.3 Å². The van der Waals surface area contributed by atoms with Crippen molar-refractivity contribution in [2.75, 3.05) is 18.6 Å². The number of rotatable bonds is 6. The average Bonchev–Trinajstić information content (AvgIpc) is 2.26. The van der Waals surface area contributed by atoms with Gasteiger partial charge in [0.05, 0.1) is 12.9 Å².